The molecular formula is C8H10N2O. The molecule has 2 atom stereocenters. The van der Waals surface area contributed by atoms with Crippen molar-refractivity contribution in [3.05, 3.63) is 23.8 Å². The number of hydrogen-bond donors (Lipinski definition) is 1. The lowest BCUT2D eigenvalue weighted by molar-refractivity contribution is 0.170. The van der Waals surface area contributed by atoms with Crippen LogP contribution in [-0.4, -0.2) is 15.1 Å². The molecule has 1 heterocycles. The average Bonchev–Trinajstić information content (AvgIpc) is 2.30. The highest BCUT2D eigenvalue weighted by atomic mass is 16.3. The largest absolute Gasteiger partial charge is 0.387 e. The van der Waals surface area contributed by atoms with Crippen LogP contribution in [0.5, 0.6) is 0 Å². The number of fused-ring (bicyclic) bond motifs is 1. The molecule has 0 saturated carbocycles. The molecule has 0 saturated heterocycles. The van der Waals surface area contributed by atoms with E-state index in [9.17, 15) is 5.11 Å². The van der Waals surface area contributed by atoms with Gasteiger partial charge in [0.15, 0.2) is 0 Å². The highest BCUT2D eigenvalue weighted by Crippen LogP contribution is 2.36. The standard InChI is InChI=1S/C8H10N2O/c1-5-4-6(11)8-7(5)9-2-3-10-8/h2-3,5-6,11H,4H2,1H3/t5-,6-/m0/s1. The number of rotatable bonds is 0. The molecular weight excluding hydrogens is 140 g/mol. The van der Waals surface area contributed by atoms with Crippen molar-refractivity contribution in [3.8, 4) is 0 Å². The third-order valence-electron chi connectivity index (χ3n) is 2.12. The quantitative estimate of drug-likeness (QED) is 0.600. The van der Waals surface area contributed by atoms with E-state index in [2.05, 4.69) is 16.9 Å². The Bertz CT molecular complexity index is 248. The van der Waals surface area contributed by atoms with E-state index in [1.54, 1.807) is 12.4 Å². The van der Waals surface area contributed by atoms with Gasteiger partial charge in [0.05, 0.1) is 17.5 Å². The maximum absolute atomic E-state index is 9.45. The Morgan fingerprint density at radius 1 is 1.36 bits per heavy atom. The van der Waals surface area contributed by atoms with Crippen molar-refractivity contribution >= 4 is 0 Å². The Morgan fingerprint density at radius 3 is 2.64 bits per heavy atom. The van der Waals surface area contributed by atoms with Crippen LogP contribution < -0.4 is 0 Å². The normalized spacial score (nSPS) is 28.5. The lowest BCUT2D eigenvalue weighted by Crippen LogP contribution is -1.95. The second-order valence-electron chi connectivity index (χ2n) is 2.98. The van der Waals surface area contributed by atoms with Gasteiger partial charge in [0, 0.05) is 18.3 Å². The summed E-state index contributed by atoms with van der Waals surface area (Å²) >= 11 is 0. The number of aliphatic hydroxyl groups is 1. The second-order valence-corrected chi connectivity index (χ2v) is 2.98. The minimum Gasteiger partial charge on any atom is -0.387 e. The first-order chi connectivity index (χ1) is 5.29. The monoisotopic (exact) mass is 150 g/mol. The summed E-state index contributed by atoms with van der Waals surface area (Å²) in [5, 5.41) is 9.45. The van der Waals surface area contributed by atoms with Gasteiger partial charge in [-0.3, -0.25) is 9.97 Å². The molecule has 11 heavy (non-hydrogen) atoms. The van der Waals surface area contributed by atoms with Crippen LogP contribution in [0.15, 0.2) is 12.4 Å². The molecule has 1 aliphatic carbocycles. The van der Waals surface area contributed by atoms with Crippen molar-refractivity contribution in [2.75, 3.05) is 0 Å². The molecule has 0 aliphatic heterocycles. The second kappa shape index (κ2) is 2.27. The Labute approximate surface area is 65.1 Å². The van der Waals surface area contributed by atoms with E-state index in [0.29, 0.717) is 5.92 Å². The predicted octanol–water partition coefficient (Wildman–Crippen LogP) is 1.02. The zero-order chi connectivity index (χ0) is 7.84. The smallest absolute Gasteiger partial charge is 0.0984 e. The molecule has 2 rings (SSSR count). The molecule has 1 aliphatic rings. The van der Waals surface area contributed by atoms with Crippen LogP contribution in [0.25, 0.3) is 0 Å². The summed E-state index contributed by atoms with van der Waals surface area (Å²) in [6.45, 7) is 2.06. The van der Waals surface area contributed by atoms with Crippen LogP contribution in [0.2, 0.25) is 0 Å². The maximum Gasteiger partial charge on any atom is 0.0984 e. The molecule has 0 fully saturated rings. The minimum absolute atomic E-state index is 0.355. The topological polar surface area (TPSA) is 46.0 Å². The first kappa shape index (κ1) is 6.73. The minimum atomic E-state index is -0.395. The molecule has 1 aromatic rings. The van der Waals surface area contributed by atoms with Crippen LogP contribution in [0, 0.1) is 0 Å². The molecule has 0 spiro atoms. The molecule has 0 radical (unpaired) electrons. The van der Waals surface area contributed by atoms with Gasteiger partial charge in [-0.1, -0.05) is 6.92 Å². The SMILES string of the molecule is C[C@H]1C[C@H](O)c2nccnc21. The number of aliphatic hydroxyl groups excluding tert-OH is 1. The van der Waals surface area contributed by atoms with Crippen molar-refractivity contribution in [1.29, 1.82) is 0 Å². The molecule has 0 amide bonds. The van der Waals surface area contributed by atoms with Gasteiger partial charge in [0.2, 0.25) is 0 Å². The highest BCUT2D eigenvalue weighted by molar-refractivity contribution is 5.23. The van der Waals surface area contributed by atoms with Gasteiger partial charge in [-0.25, -0.2) is 0 Å². The van der Waals surface area contributed by atoms with Gasteiger partial charge in [-0.15, -0.1) is 0 Å². The van der Waals surface area contributed by atoms with Gasteiger partial charge in [-0.2, -0.15) is 0 Å². The first-order valence-corrected chi connectivity index (χ1v) is 3.78. The van der Waals surface area contributed by atoms with Gasteiger partial charge in [-0.05, 0) is 6.42 Å². The van der Waals surface area contributed by atoms with Gasteiger partial charge < -0.3 is 5.11 Å². The molecule has 0 bridgehead atoms. The van der Waals surface area contributed by atoms with Gasteiger partial charge in [0.1, 0.15) is 0 Å². The fourth-order valence-electron chi connectivity index (χ4n) is 1.55. The van der Waals surface area contributed by atoms with Crippen molar-refractivity contribution in [2.24, 2.45) is 0 Å². The summed E-state index contributed by atoms with van der Waals surface area (Å²) in [6.07, 6.45) is 3.67. The predicted molar refractivity (Wildman–Crippen MR) is 40.0 cm³/mol. The van der Waals surface area contributed by atoms with E-state index in [1.165, 1.54) is 0 Å². The Kier molecular flexibility index (Phi) is 1.39. The summed E-state index contributed by atoms with van der Waals surface area (Å²) < 4.78 is 0. The summed E-state index contributed by atoms with van der Waals surface area (Å²) in [5.41, 5.74) is 1.72. The first-order valence-electron chi connectivity index (χ1n) is 3.78. The van der Waals surface area contributed by atoms with Crippen LogP contribution in [0.1, 0.15) is 36.8 Å². The van der Waals surface area contributed by atoms with Crippen LogP contribution in [-0.2, 0) is 0 Å². The lowest BCUT2D eigenvalue weighted by atomic mass is 10.1. The lowest BCUT2D eigenvalue weighted by Gasteiger charge is -1.98. The zero-order valence-corrected chi connectivity index (χ0v) is 6.36. The zero-order valence-electron chi connectivity index (χ0n) is 6.36. The van der Waals surface area contributed by atoms with E-state index in [-0.39, 0.29) is 0 Å². The van der Waals surface area contributed by atoms with E-state index >= 15 is 0 Å². The van der Waals surface area contributed by atoms with Crippen molar-refractivity contribution in [2.45, 2.75) is 25.4 Å². The number of aromatic nitrogens is 2. The fourth-order valence-corrected chi connectivity index (χ4v) is 1.55. The Morgan fingerprint density at radius 2 is 2.00 bits per heavy atom. The Balaban J connectivity index is 2.52. The summed E-state index contributed by atoms with van der Waals surface area (Å²) in [5.74, 6) is 0.355. The molecule has 0 aromatic carbocycles. The van der Waals surface area contributed by atoms with Gasteiger partial charge >= 0.3 is 0 Å². The van der Waals surface area contributed by atoms with Gasteiger partial charge in [0.25, 0.3) is 0 Å². The van der Waals surface area contributed by atoms with Crippen molar-refractivity contribution in [1.82, 2.24) is 9.97 Å². The molecule has 3 nitrogen and oxygen atoms in total. The average molecular weight is 150 g/mol. The van der Waals surface area contributed by atoms with E-state index < -0.39 is 6.10 Å². The van der Waals surface area contributed by atoms with E-state index in [1.807, 2.05) is 0 Å². The van der Waals surface area contributed by atoms with Crippen molar-refractivity contribution < 1.29 is 5.11 Å². The molecule has 1 N–H and O–H groups in total. The van der Waals surface area contributed by atoms with E-state index in [0.717, 1.165) is 17.8 Å². The summed E-state index contributed by atoms with van der Waals surface area (Å²) in [6, 6.07) is 0. The van der Waals surface area contributed by atoms with Crippen LogP contribution in [0.3, 0.4) is 0 Å². The fraction of sp³-hybridized carbons (Fsp3) is 0.500. The highest BCUT2D eigenvalue weighted by Gasteiger charge is 2.28. The molecule has 0 unspecified atom stereocenters. The molecule has 1 aromatic heterocycles. The van der Waals surface area contributed by atoms with Crippen LogP contribution in [0.4, 0.5) is 0 Å². The Hall–Kier alpha value is -0.960. The summed E-state index contributed by atoms with van der Waals surface area (Å²) in [4.78, 5) is 8.25. The summed E-state index contributed by atoms with van der Waals surface area (Å²) in [7, 11) is 0. The van der Waals surface area contributed by atoms with Crippen molar-refractivity contribution in [3.63, 3.8) is 0 Å². The third-order valence-corrected chi connectivity index (χ3v) is 2.12. The van der Waals surface area contributed by atoms with E-state index in [4.69, 9.17) is 0 Å². The third kappa shape index (κ3) is 0.922. The molecule has 3 heteroatoms. The number of nitrogens with zero attached hydrogens (tertiary/aromatic N) is 2. The van der Waals surface area contributed by atoms with Crippen LogP contribution >= 0.6 is 0 Å². The maximum atomic E-state index is 9.45. The number of hydrogen-bond acceptors (Lipinski definition) is 3. The molecule has 58 valence electrons.